The van der Waals surface area contributed by atoms with Crippen LogP contribution in [0.4, 0.5) is 20.7 Å². The van der Waals surface area contributed by atoms with E-state index < -0.39 is 27.5 Å². The van der Waals surface area contributed by atoms with Gasteiger partial charge in [-0.05, 0) is 44.5 Å². The first-order chi connectivity index (χ1) is 17.3. The third-order valence-electron chi connectivity index (χ3n) is 5.05. The minimum absolute atomic E-state index is 0.110. The minimum Gasteiger partial charge on any atom is -0.444 e. The van der Waals surface area contributed by atoms with Gasteiger partial charge in [-0.2, -0.15) is 9.19 Å². The lowest BCUT2D eigenvalue weighted by Gasteiger charge is -2.19. The lowest BCUT2D eigenvalue weighted by Crippen LogP contribution is -2.27. The molecule has 0 aliphatic carbocycles. The molecule has 0 radical (unpaired) electrons. The lowest BCUT2D eigenvalue weighted by molar-refractivity contribution is 0.0635. The highest BCUT2D eigenvalue weighted by Crippen LogP contribution is 2.31. The average molecular weight is 523 g/mol. The molecule has 0 aliphatic rings. The van der Waals surface area contributed by atoms with E-state index in [9.17, 15) is 17.6 Å². The van der Waals surface area contributed by atoms with Gasteiger partial charge in [0.05, 0.1) is 36.6 Å². The van der Waals surface area contributed by atoms with Gasteiger partial charge < -0.3 is 4.74 Å². The molecule has 2 aromatic carbocycles. The van der Waals surface area contributed by atoms with Crippen LogP contribution >= 0.6 is 0 Å². The van der Waals surface area contributed by atoms with E-state index in [1.807, 2.05) is 0 Å². The van der Waals surface area contributed by atoms with E-state index in [4.69, 9.17) is 11.3 Å². The van der Waals surface area contributed by atoms with Crippen molar-refractivity contribution >= 4 is 27.6 Å². The number of hydrogen-bond donors (Lipinski definition) is 1. The zero-order valence-corrected chi connectivity index (χ0v) is 21.2. The van der Waals surface area contributed by atoms with Crippen LogP contribution in [0.15, 0.2) is 60.9 Å². The first-order valence-corrected chi connectivity index (χ1v) is 12.8. The second kappa shape index (κ2) is 9.51. The number of rotatable bonds is 5. The molecular weight excluding hydrogens is 499 g/mol. The van der Waals surface area contributed by atoms with Crippen LogP contribution in [0.1, 0.15) is 20.8 Å². The Morgan fingerprint density at radius 3 is 2.32 bits per heavy atom. The molecule has 2 aromatic heterocycles. The van der Waals surface area contributed by atoms with Crippen LogP contribution < -0.4 is 5.32 Å². The molecule has 2 heterocycles. The molecule has 1 amide bonds. The number of anilines is 1. The molecule has 4 rings (SSSR count). The third-order valence-corrected chi connectivity index (χ3v) is 5.93. The van der Waals surface area contributed by atoms with Gasteiger partial charge in [-0.25, -0.2) is 27.1 Å². The molecule has 10 nitrogen and oxygen atoms in total. The summed E-state index contributed by atoms with van der Waals surface area (Å²) in [6, 6.07) is 12.8. The van der Waals surface area contributed by atoms with Crippen molar-refractivity contribution < 1.29 is 22.3 Å². The smallest absolute Gasteiger partial charge is 0.413 e. The number of hydrogen-bond acceptors (Lipinski definition) is 6. The Morgan fingerprint density at radius 1 is 1.08 bits per heavy atom. The molecule has 0 saturated heterocycles. The standard InChI is InChI=1S/C25H23FN6O4S/c1-25(2,3)36-24(33)29-23-13-22(17-8-11-21(27-4)20(26)12-17)32(30-23)19-9-6-16(7-10-19)18-14-28-31(15-18)37(5,34)35/h6-15H,1-3,5H3,(H,29,30,33). The quantitative estimate of drug-likeness (QED) is 0.359. The van der Waals surface area contributed by atoms with Crippen LogP contribution in [-0.4, -0.2) is 45.3 Å². The second-order valence-electron chi connectivity index (χ2n) is 9.14. The largest absolute Gasteiger partial charge is 0.444 e. The molecule has 0 saturated carbocycles. The van der Waals surface area contributed by atoms with Gasteiger partial charge in [-0.15, -0.1) is 5.10 Å². The predicted molar refractivity (Wildman–Crippen MR) is 137 cm³/mol. The van der Waals surface area contributed by atoms with Gasteiger partial charge in [0.15, 0.2) is 5.82 Å². The van der Waals surface area contributed by atoms with Crippen LogP contribution in [0.2, 0.25) is 0 Å². The molecule has 0 bridgehead atoms. The molecule has 12 heteroatoms. The van der Waals surface area contributed by atoms with Gasteiger partial charge in [0.25, 0.3) is 10.0 Å². The molecule has 0 spiro atoms. The summed E-state index contributed by atoms with van der Waals surface area (Å²) < 4.78 is 45.5. The summed E-state index contributed by atoms with van der Waals surface area (Å²) in [5, 5.41) is 10.9. The van der Waals surface area contributed by atoms with Crippen molar-refractivity contribution in [2.45, 2.75) is 26.4 Å². The maximum Gasteiger partial charge on any atom is 0.413 e. The normalized spacial score (nSPS) is 11.7. The first-order valence-electron chi connectivity index (χ1n) is 11.0. The zero-order chi connectivity index (χ0) is 27.0. The maximum atomic E-state index is 14.4. The molecule has 37 heavy (non-hydrogen) atoms. The monoisotopic (exact) mass is 522 g/mol. The maximum absolute atomic E-state index is 14.4. The molecule has 0 unspecified atom stereocenters. The van der Waals surface area contributed by atoms with E-state index in [1.54, 1.807) is 57.2 Å². The Balaban J connectivity index is 1.73. The summed E-state index contributed by atoms with van der Waals surface area (Å²) in [7, 11) is -3.51. The highest BCUT2D eigenvalue weighted by Gasteiger charge is 2.20. The number of nitrogens with zero attached hydrogens (tertiary/aromatic N) is 5. The Hall–Kier alpha value is -4.50. The number of halogens is 1. The van der Waals surface area contributed by atoms with E-state index in [0.29, 0.717) is 28.1 Å². The van der Waals surface area contributed by atoms with E-state index in [-0.39, 0.29) is 11.5 Å². The molecule has 0 atom stereocenters. The Kier molecular flexibility index (Phi) is 6.58. The molecule has 190 valence electrons. The van der Waals surface area contributed by atoms with Gasteiger partial charge in [0.2, 0.25) is 5.69 Å². The van der Waals surface area contributed by atoms with Gasteiger partial charge in [0, 0.05) is 17.2 Å². The molecule has 0 aliphatic heterocycles. The summed E-state index contributed by atoms with van der Waals surface area (Å²) in [6.07, 6.45) is 3.22. The highest BCUT2D eigenvalue weighted by atomic mass is 32.2. The number of nitrogens with one attached hydrogen (secondary N) is 1. The summed E-state index contributed by atoms with van der Waals surface area (Å²) in [5.74, 6) is -0.502. The topological polar surface area (TPSA) is 112 Å². The lowest BCUT2D eigenvalue weighted by atomic mass is 10.1. The summed E-state index contributed by atoms with van der Waals surface area (Å²) in [6.45, 7) is 12.3. The molecule has 0 fully saturated rings. The van der Waals surface area contributed by atoms with Crippen molar-refractivity contribution in [2.24, 2.45) is 0 Å². The van der Waals surface area contributed by atoms with Crippen LogP contribution in [0.5, 0.6) is 0 Å². The third kappa shape index (κ3) is 5.84. The highest BCUT2D eigenvalue weighted by molar-refractivity contribution is 7.89. The number of carbonyl (C=O) groups is 1. The molecule has 4 aromatic rings. The van der Waals surface area contributed by atoms with Crippen molar-refractivity contribution in [3.63, 3.8) is 0 Å². The minimum atomic E-state index is -3.51. The van der Waals surface area contributed by atoms with E-state index in [2.05, 4.69) is 20.4 Å². The second-order valence-corrected chi connectivity index (χ2v) is 11.0. The van der Waals surface area contributed by atoms with E-state index in [1.165, 1.54) is 29.2 Å². The Labute approximate surface area is 213 Å². The van der Waals surface area contributed by atoms with Gasteiger partial charge in [0.1, 0.15) is 11.4 Å². The van der Waals surface area contributed by atoms with Crippen molar-refractivity contribution in [3.05, 3.63) is 78.2 Å². The van der Waals surface area contributed by atoms with Crippen molar-refractivity contribution in [1.82, 2.24) is 19.0 Å². The average Bonchev–Trinajstić information content (AvgIpc) is 3.46. The predicted octanol–water partition coefficient (Wildman–Crippen LogP) is 5.25. The first kappa shape index (κ1) is 25.6. The fourth-order valence-corrected chi connectivity index (χ4v) is 3.96. The Morgan fingerprint density at radius 2 is 1.76 bits per heavy atom. The molecular formula is C25H23FN6O4S. The number of benzene rings is 2. The SMILES string of the molecule is [C-]#[N+]c1ccc(-c2cc(NC(=O)OC(C)(C)C)nn2-c2ccc(-c3cnn(S(C)(=O)=O)c3)cc2)cc1F. The number of carbonyl (C=O) groups excluding carboxylic acids is 1. The summed E-state index contributed by atoms with van der Waals surface area (Å²) in [4.78, 5) is 15.5. The van der Waals surface area contributed by atoms with Crippen molar-refractivity contribution in [2.75, 3.05) is 11.6 Å². The fraction of sp³-hybridized carbons (Fsp3) is 0.200. The Bertz CT molecular complexity index is 1630. The summed E-state index contributed by atoms with van der Waals surface area (Å²) in [5.41, 5.74) is 1.97. The van der Waals surface area contributed by atoms with Crippen LogP contribution in [0, 0.1) is 12.4 Å². The van der Waals surface area contributed by atoms with E-state index >= 15 is 0 Å². The summed E-state index contributed by atoms with van der Waals surface area (Å²) >= 11 is 0. The fourth-order valence-electron chi connectivity index (χ4n) is 3.44. The number of ether oxygens (including phenoxy) is 1. The zero-order valence-electron chi connectivity index (χ0n) is 20.4. The van der Waals surface area contributed by atoms with Crippen LogP contribution in [-0.2, 0) is 14.8 Å². The molecule has 1 N–H and O–H groups in total. The van der Waals surface area contributed by atoms with Crippen LogP contribution in [0.25, 0.3) is 32.9 Å². The van der Waals surface area contributed by atoms with E-state index in [0.717, 1.165) is 10.3 Å². The van der Waals surface area contributed by atoms with Crippen molar-refractivity contribution in [1.29, 1.82) is 0 Å². The van der Waals surface area contributed by atoms with Crippen molar-refractivity contribution in [3.8, 4) is 28.1 Å². The van der Waals surface area contributed by atoms with Gasteiger partial charge in [-0.1, -0.05) is 24.3 Å². The number of amides is 1. The number of aromatic nitrogens is 4. The van der Waals surface area contributed by atoms with Gasteiger partial charge >= 0.3 is 6.09 Å². The van der Waals surface area contributed by atoms with Crippen LogP contribution in [0.3, 0.4) is 0 Å². The van der Waals surface area contributed by atoms with Gasteiger partial charge in [-0.3, -0.25) is 5.32 Å².